The van der Waals surface area contributed by atoms with Gasteiger partial charge in [-0.1, -0.05) is 99.9 Å². The zero-order chi connectivity index (χ0) is 21.5. The molecule has 0 unspecified atom stereocenters. The van der Waals surface area contributed by atoms with Gasteiger partial charge in [-0.15, -0.1) is 0 Å². The lowest BCUT2D eigenvalue weighted by atomic mass is 9.74. The molecule has 0 heterocycles. The van der Waals surface area contributed by atoms with Crippen molar-refractivity contribution in [3.05, 3.63) is 70.2 Å². The maximum atomic E-state index is 5.99. The molecule has 168 valence electrons. The van der Waals surface area contributed by atoms with Gasteiger partial charge in [-0.2, -0.15) is 0 Å². The smallest absolute Gasteiger partial charge is 0.0406 e. The van der Waals surface area contributed by atoms with E-state index >= 15 is 0 Å². The van der Waals surface area contributed by atoms with Gasteiger partial charge < -0.3 is 0 Å². The fraction of sp³-hybridized carbons (Fsp3) is 0.600. The van der Waals surface area contributed by atoms with Crippen LogP contribution in [0.3, 0.4) is 0 Å². The van der Waals surface area contributed by atoms with E-state index in [2.05, 4.69) is 43.3 Å². The minimum Gasteiger partial charge on any atom is -0.0843 e. The monoisotopic (exact) mass is 436 g/mol. The van der Waals surface area contributed by atoms with Gasteiger partial charge in [0.1, 0.15) is 0 Å². The summed E-state index contributed by atoms with van der Waals surface area (Å²) >= 11 is 5.99. The Morgan fingerprint density at radius 2 is 1.06 bits per heavy atom. The lowest BCUT2D eigenvalue weighted by Crippen LogP contribution is -2.17. The third-order valence-electron chi connectivity index (χ3n) is 8.44. The van der Waals surface area contributed by atoms with Crippen LogP contribution in [0.15, 0.2) is 48.5 Å². The van der Waals surface area contributed by atoms with Gasteiger partial charge in [0.05, 0.1) is 0 Å². The van der Waals surface area contributed by atoms with Crippen molar-refractivity contribution < 1.29 is 0 Å². The summed E-state index contributed by atoms with van der Waals surface area (Å²) in [4.78, 5) is 0. The van der Waals surface area contributed by atoms with Gasteiger partial charge in [-0.3, -0.25) is 0 Å². The quantitative estimate of drug-likeness (QED) is 0.386. The highest BCUT2D eigenvalue weighted by Crippen LogP contribution is 2.40. The predicted octanol–water partition coefficient (Wildman–Crippen LogP) is 9.40. The van der Waals surface area contributed by atoms with E-state index in [0.717, 1.165) is 41.5 Å². The minimum absolute atomic E-state index is 0.793. The van der Waals surface area contributed by atoms with Crippen LogP contribution in [0.4, 0.5) is 0 Å². The molecule has 0 nitrogen and oxygen atoms in total. The Bertz CT molecular complexity index is 759. The standard InChI is InChI=1S/C30H41Cl/c1-2-23-3-5-24(6-4-23)7-8-25-11-17-28(18-12-25)29-19-13-26(14-20-29)9-10-27-15-21-30(31)22-16-27/h13-16,19-25,28H,2-12,17-18H2,1H3/t23-,24-,25-,28-. The molecule has 2 aromatic rings. The maximum Gasteiger partial charge on any atom is 0.0406 e. The highest BCUT2D eigenvalue weighted by Gasteiger charge is 2.25. The first-order chi connectivity index (χ1) is 15.2. The number of hydrogen-bond donors (Lipinski definition) is 0. The summed E-state index contributed by atoms with van der Waals surface area (Å²) in [5, 5.41) is 0.821. The van der Waals surface area contributed by atoms with Gasteiger partial charge in [0.15, 0.2) is 0 Å². The Morgan fingerprint density at radius 1 is 0.613 bits per heavy atom. The van der Waals surface area contributed by atoms with E-state index in [1.807, 2.05) is 12.1 Å². The van der Waals surface area contributed by atoms with Crippen LogP contribution in [-0.4, -0.2) is 0 Å². The summed E-state index contributed by atoms with van der Waals surface area (Å²) in [7, 11) is 0. The van der Waals surface area contributed by atoms with Crippen LogP contribution >= 0.6 is 11.6 Å². The molecule has 0 aromatic heterocycles. The van der Waals surface area contributed by atoms with Gasteiger partial charge in [0.2, 0.25) is 0 Å². The Morgan fingerprint density at radius 3 is 1.58 bits per heavy atom. The second-order valence-corrected chi connectivity index (χ2v) is 10.9. The lowest BCUT2D eigenvalue weighted by molar-refractivity contribution is 0.227. The Hall–Kier alpha value is -1.27. The first kappa shape index (κ1) is 22.9. The second kappa shape index (κ2) is 11.6. The molecule has 31 heavy (non-hydrogen) atoms. The molecule has 1 heteroatoms. The molecule has 0 radical (unpaired) electrons. The van der Waals surface area contributed by atoms with E-state index in [1.165, 1.54) is 81.8 Å². The highest BCUT2D eigenvalue weighted by molar-refractivity contribution is 6.30. The van der Waals surface area contributed by atoms with Crippen molar-refractivity contribution in [2.75, 3.05) is 0 Å². The Kier molecular flexibility index (Phi) is 8.54. The predicted molar refractivity (Wildman–Crippen MR) is 135 cm³/mol. The summed E-state index contributed by atoms with van der Waals surface area (Å²) < 4.78 is 0. The second-order valence-electron chi connectivity index (χ2n) is 10.5. The normalized spacial score (nSPS) is 26.6. The largest absolute Gasteiger partial charge is 0.0843 e. The summed E-state index contributed by atoms with van der Waals surface area (Å²) in [6, 6.07) is 17.8. The average Bonchev–Trinajstić information content (AvgIpc) is 2.83. The van der Waals surface area contributed by atoms with Crippen molar-refractivity contribution in [1.82, 2.24) is 0 Å². The van der Waals surface area contributed by atoms with Gasteiger partial charge >= 0.3 is 0 Å². The zero-order valence-electron chi connectivity index (χ0n) is 19.5. The van der Waals surface area contributed by atoms with E-state index in [0.29, 0.717) is 0 Å². The molecule has 4 rings (SSSR count). The molecule has 2 saturated carbocycles. The molecule has 0 saturated heterocycles. The third-order valence-corrected chi connectivity index (χ3v) is 8.69. The number of hydrogen-bond acceptors (Lipinski definition) is 0. The van der Waals surface area contributed by atoms with Crippen LogP contribution in [0, 0.1) is 17.8 Å². The SMILES string of the molecule is CC[C@H]1CC[C@H](CC[C@H]2CC[C@H](c3ccc(CCc4ccc(Cl)cc4)cc3)CC2)CC1. The fourth-order valence-electron chi connectivity index (χ4n) is 6.08. The molecule has 0 N–H and O–H groups in total. The topological polar surface area (TPSA) is 0 Å². The lowest BCUT2D eigenvalue weighted by Gasteiger charge is -2.32. The van der Waals surface area contributed by atoms with Crippen LogP contribution in [-0.2, 0) is 12.8 Å². The van der Waals surface area contributed by atoms with Crippen molar-refractivity contribution >= 4 is 11.6 Å². The number of aryl methyl sites for hydroxylation is 2. The number of rotatable bonds is 8. The van der Waals surface area contributed by atoms with Crippen LogP contribution in [0.5, 0.6) is 0 Å². The van der Waals surface area contributed by atoms with Gasteiger partial charge in [0.25, 0.3) is 0 Å². The van der Waals surface area contributed by atoms with E-state index < -0.39 is 0 Å². The van der Waals surface area contributed by atoms with Gasteiger partial charge in [0, 0.05) is 5.02 Å². The molecular weight excluding hydrogens is 396 g/mol. The van der Waals surface area contributed by atoms with Crippen molar-refractivity contribution in [3.63, 3.8) is 0 Å². The molecule has 2 aliphatic rings. The molecule has 0 amide bonds. The summed E-state index contributed by atoms with van der Waals surface area (Å²) in [6.07, 6.45) is 18.3. The van der Waals surface area contributed by atoms with Crippen molar-refractivity contribution in [3.8, 4) is 0 Å². The molecular formula is C30H41Cl. The van der Waals surface area contributed by atoms with E-state index in [-0.39, 0.29) is 0 Å². The molecule has 0 aliphatic heterocycles. The van der Waals surface area contributed by atoms with Crippen molar-refractivity contribution in [2.45, 2.75) is 96.3 Å². The Balaban J connectivity index is 1.17. The van der Waals surface area contributed by atoms with E-state index in [1.54, 1.807) is 5.56 Å². The van der Waals surface area contributed by atoms with Crippen molar-refractivity contribution in [1.29, 1.82) is 0 Å². The van der Waals surface area contributed by atoms with E-state index in [9.17, 15) is 0 Å². The number of halogens is 1. The maximum absolute atomic E-state index is 5.99. The van der Waals surface area contributed by atoms with Crippen LogP contribution in [0.1, 0.15) is 100 Å². The number of benzene rings is 2. The van der Waals surface area contributed by atoms with Crippen LogP contribution < -0.4 is 0 Å². The molecule has 0 atom stereocenters. The third kappa shape index (κ3) is 6.85. The minimum atomic E-state index is 0.793. The zero-order valence-corrected chi connectivity index (χ0v) is 20.3. The van der Waals surface area contributed by atoms with Gasteiger partial charge in [-0.05, 0) is 91.0 Å². The molecule has 0 spiro atoms. The van der Waals surface area contributed by atoms with Crippen LogP contribution in [0.25, 0.3) is 0 Å². The fourth-order valence-corrected chi connectivity index (χ4v) is 6.21. The summed E-state index contributed by atoms with van der Waals surface area (Å²) in [5.41, 5.74) is 4.39. The molecule has 2 aliphatic carbocycles. The molecule has 2 fully saturated rings. The molecule has 2 aromatic carbocycles. The van der Waals surface area contributed by atoms with Crippen molar-refractivity contribution in [2.24, 2.45) is 17.8 Å². The van der Waals surface area contributed by atoms with Gasteiger partial charge in [-0.25, -0.2) is 0 Å². The highest BCUT2D eigenvalue weighted by atomic mass is 35.5. The first-order valence-corrected chi connectivity index (χ1v) is 13.4. The Labute approximate surface area is 195 Å². The summed E-state index contributed by atoms with van der Waals surface area (Å²) in [5.74, 6) is 3.87. The van der Waals surface area contributed by atoms with Crippen LogP contribution in [0.2, 0.25) is 5.02 Å². The average molecular weight is 437 g/mol. The first-order valence-electron chi connectivity index (χ1n) is 13.0. The van der Waals surface area contributed by atoms with E-state index in [4.69, 9.17) is 11.6 Å². The summed E-state index contributed by atoms with van der Waals surface area (Å²) in [6.45, 7) is 2.37. The molecule has 0 bridgehead atoms.